The summed E-state index contributed by atoms with van der Waals surface area (Å²) in [5.41, 5.74) is 1.25. The van der Waals surface area contributed by atoms with E-state index in [-0.39, 0.29) is 0 Å². The molecule has 2 heterocycles. The SMILES string of the molecule is CCc1nc(CN2CCCCC2CNCCOC)cs1. The first-order chi connectivity index (χ1) is 9.83. The number of likely N-dealkylation sites (tertiary alicyclic amines) is 1. The Kier molecular flexibility index (Phi) is 6.93. The van der Waals surface area contributed by atoms with E-state index in [1.165, 1.54) is 36.5 Å². The molecule has 1 aliphatic heterocycles. The van der Waals surface area contributed by atoms with Gasteiger partial charge in [-0.25, -0.2) is 4.98 Å². The number of hydrogen-bond donors (Lipinski definition) is 1. The van der Waals surface area contributed by atoms with Gasteiger partial charge in [0.15, 0.2) is 0 Å². The number of aryl methyl sites for hydroxylation is 1. The van der Waals surface area contributed by atoms with Crippen LogP contribution in [-0.2, 0) is 17.7 Å². The number of thiazole rings is 1. The van der Waals surface area contributed by atoms with Crippen molar-refractivity contribution >= 4 is 11.3 Å². The number of nitrogens with zero attached hydrogens (tertiary/aromatic N) is 2. The molecule has 4 nitrogen and oxygen atoms in total. The van der Waals surface area contributed by atoms with Crippen LogP contribution >= 0.6 is 11.3 Å². The van der Waals surface area contributed by atoms with Crippen molar-refractivity contribution in [2.75, 3.05) is 33.4 Å². The minimum Gasteiger partial charge on any atom is -0.383 e. The minimum absolute atomic E-state index is 0.646. The van der Waals surface area contributed by atoms with Gasteiger partial charge in [0.2, 0.25) is 0 Å². The van der Waals surface area contributed by atoms with E-state index in [0.717, 1.165) is 32.7 Å². The van der Waals surface area contributed by atoms with E-state index in [1.54, 1.807) is 18.4 Å². The highest BCUT2D eigenvalue weighted by Crippen LogP contribution is 2.20. The maximum atomic E-state index is 5.08. The fourth-order valence-electron chi connectivity index (χ4n) is 2.73. The molecular weight excluding hydrogens is 270 g/mol. The van der Waals surface area contributed by atoms with Gasteiger partial charge in [-0.15, -0.1) is 11.3 Å². The lowest BCUT2D eigenvalue weighted by Gasteiger charge is -2.35. The Hall–Kier alpha value is -0.490. The summed E-state index contributed by atoms with van der Waals surface area (Å²) in [5.74, 6) is 0. The van der Waals surface area contributed by atoms with Crippen molar-refractivity contribution in [2.45, 2.75) is 45.2 Å². The van der Waals surface area contributed by atoms with E-state index in [1.807, 2.05) is 0 Å². The molecule has 0 aromatic carbocycles. The van der Waals surface area contributed by atoms with E-state index in [0.29, 0.717) is 6.04 Å². The summed E-state index contributed by atoms with van der Waals surface area (Å²) >= 11 is 1.79. The van der Waals surface area contributed by atoms with Gasteiger partial charge in [-0.3, -0.25) is 4.90 Å². The molecule has 1 aromatic heterocycles. The maximum Gasteiger partial charge on any atom is 0.0926 e. The molecule has 0 amide bonds. The third kappa shape index (κ3) is 4.81. The molecule has 1 saturated heterocycles. The Morgan fingerprint density at radius 1 is 1.50 bits per heavy atom. The zero-order valence-electron chi connectivity index (χ0n) is 12.7. The predicted octanol–water partition coefficient (Wildman–Crippen LogP) is 2.30. The number of rotatable bonds is 8. The van der Waals surface area contributed by atoms with Crippen LogP contribution in [0.1, 0.15) is 36.9 Å². The molecular formula is C15H27N3OS. The highest BCUT2D eigenvalue weighted by Gasteiger charge is 2.22. The summed E-state index contributed by atoms with van der Waals surface area (Å²) in [6.07, 6.45) is 5.02. The van der Waals surface area contributed by atoms with Crippen molar-refractivity contribution in [1.29, 1.82) is 0 Å². The molecule has 1 fully saturated rings. The molecule has 0 radical (unpaired) electrons. The van der Waals surface area contributed by atoms with Gasteiger partial charge in [0, 0.05) is 38.2 Å². The van der Waals surface area contributed by atoms with Gasteiger partial charge in [0.1, 0.15) is 0 Å². The maximum absolute atomic E-state index is 5.08. The van der Waals surface area contributed by atoms with Crippen LogP contribution in [0.15, 0.2) is 5.38 Å². The van der Waals surface area contributed by atoms with Crippen LogP contribution in [0.4, 0.5) is 0 Å². The number of nitrogens with one attached hydrogen (secondary N) is 1. The van der Waals surface area contributed by atoms with Crippen LogP contribution < -0.4 is 5.32 Å². The van der Waals surface area contributed by atoms with Crippen molar-refractivity contribution < 1.29 is 4.74 Å². The molecule has 5 heteroatoms. The number of aromatic nitrogens is 1. The molecule has 0 saturated carbocycles. The molecule has 2 rings (SSSR count). The Morgan fingerprint density at radius 2 is 2.40 bits per heavy atom. The molecule has 1 N–H and O–H groups in total. The van der Waals surface area contributed by atoms with Gasteiger partial charge in [-0.2, -0.15) is 0 Å². The van der Waals surface area contributed by atoms with Gasteiger partial charge in [-0.05, 0) is 25.8 Å². The lowest BCUT2D eigenvalue weighted by Crippen LogP contribution is -2.45. The number of piperidine rings is 1. The summed E-state index contributed by atoms with van der Waals surface area (Å²) in [7, 11) is 1.75. The third-order valence-electron chi connectivity index (χ3n) is 3.88. The van der Waals surface area contributed by atoms with E-state index in [9.17, 15) is 0 Å². The molecule has 20 heavy (non-hydrogen) atoms. The van der Waals surface area contributed by atoms with E-state index in [2.05, 4.69) is 22.5 Å². The number of ether oxygens (including phenoxy) is 1. The van der Waals surface area contributed by atoms with Gasteiger partial charge in [-0.1, -0.05) is 13.3 Å². The molecule has 114 valence electrons. The predicted molar refractivity (Wildman–Crippen MR) is 84.3 cm³/mol. The van der Waals surface area contributed by atoms with Gasteiger partial charge in [0.05, 0.1) is 17.3 Å². The second kappa shape index (κ2) is 8.72. The first kappa shape index (κ1) is 15.9. The van der Waals surface area contributed by atoms with Crippen LogP contribution in [-0.4, -0.2) is 49.3 Å². The Labute approximate surface area is 126 Å². The molecule has 0 spiro atoms. The second-order valence-corrected chi connectivity index (χ2v) is 6.35. The normalized spacial score (nSPS) is 20.4. The van der Waals surface area contributed by atoms with Crippen molar-refractivity contribution in [1.82, 2.24) is 15.2 Å². The number of methoxy groups -OCH3 is 1. The quantitative estimate of drug-likeness (QED) is 0.747. The van der Waals surface area contributed by atoms with Gasteiger partial charge < -0.3 is 10.1 Å². The summed E-state index contributed by atoms with van der Waals surface area (Å²) < 4.78 is 5.08. The van der Waals surface area contributed by atoms with Crippen LogP contribution in [0.5, 0.6) is 0 Å². The highest BCUT2D eigenvalue weighted by atomic mass is 32.1. The van der Waals surface area contributed by atoms with Crippen LogP contribution in [0, 0.1) is 0 Å². The average molecular weight is 297 g/mol. The first-order valence-electron chi connectivity index (χ1n) is 7.70. The topological polar surface area (TPSA) is 37.4 Å². The molecule has 0 aliphatic carbocycles. The van der Waals surface area contributed by atoms with Crippen molar-refractivity contribution in [3.05, 3.63) is 16.1 Å². The molecule has 0 bridgehead atoms. The second-order valence-electron chi connectivity index (χ2n) is 5.40. The summed E-state index contributed by atoms with van der Waals surface area (Å²) in [4.78, 5) is 7.30. The largest absolute Gasteiger partial charge is 0.383 e. The Balaban J connectivity index is 1.82. The van der Waals surface area contributed by atoms with E-state index in [4.69, 9.17) is 9.72 Å². The lowest BCUT2D eigenvalue weighted by atomic mass is 10.0. The molecule has 1 unspecified atom stereocenters. The van der Waals surface area contributed by atoms with Crippen LogP contribution in [0.2, 0.25) is 0 Å². The average Bonchev–Trinajstić information content (AvgIpc) is 2.93. The number of hydrogen-bond acceptors (Lipinski definition) is 5. The first-order valence-corrected chi connectivity index (χ1v) is 8.58. The highest BCUT2D eigenvalue weighted by molar-refractivity contribution is 7.09. The monoisotopic (exact) mass is 297 g/mol. The Morgan fingerprint density at radius 3 is 3.15 bits per heavy atom. The standard InChI is InChI=1S/C15H27N3OS/c1-3-15-17-13(12-20-15)11-18-8-5-4-6-14(18)10-16-7-9-19-2/h12,14,16H,3-11H2,1-2H3. The summed E-state index contributed by atoms with van der Waals surface area (Å²) in [6, 6.07) is 0.646. The van der Waals surface area contributed by atoms with Crippen LogP contribution in [0.3, 0.4) is 0 Å². The smallest absolute Gasteiger partial charge is 0.0926 e. The fourth-order valence-corrected chi connectivity index (χ4v) is 3.47. The zero-order valence-corrected chi connectivity index (χ0v) is 13.5. The van der Waals surface area contributed by atoms with Crippen molar-refractivity contribution in [2.24, 2.45) is 0 Å². The Bertz CT molecular complexity index is 383. The molecule has 1 aromatic rings. The van der Waals surface area contributed by atoms with Crippen LogP contribution in [0.25, 0.3) is 0 Å². The van der Waals surface area contributed by atoms with Gasteiger partial charge in [0.25, 0.3) is 0 Å². The summed E-state index contributed by atoms with van der Waals surface area (Å²) in [6.45, 7) is 7.18. The fraction of sp³-hybridized carbons (Fsp3) is 0.800. The van der Waals surface area contributed by atoms with Gasteiger partial charge >= 0.3 is 0 Å². The lowest BCUT2D eigenvalue weighted by molar-refractivity contribution is 0.132. The zero-order chi connectivity index (χ0) is 14.2. The van der Waals surface area contributed by atoms with Crippen molar-refractivity contribution in [3.8, 4) is 0 Å². The molecule has 1 atom stereocenters. The summed E-state index contributed by atoms with van der Waals surface area (Å²) in [5, 5.41) is 6.99. The third-order valence-corrected chi connectivity index (χ3v) is 4.92. The van der Waals surface area contributed by atoms with Crippen molar-refractivity contribution in [3.63, 3.8) is 0 Å². The minimum atomic E-state index is 0.646. The molecule has 1 aliphatic rings. The van der Waals surface area contributed by atoms with E-state index < -0.39 is 0 Å². The van der Waals surface area contributed by atoms with E-state index >= 15 is 0 Å².